The number of hydrogen-bond acceptors (Lipinski definition) is 4. The van der Waals surface area contributed by atoms with E-state index in [1.165, 1.54) is 5.56 Å². The molecule has 0 radical (unpaired) electrons. The Labute approximate surface area is 199 Å². The van der Waals surface area contributed by atoms with Crippen LogP contribution < -0.4 is 10.1 Å². The Morgan fingerprint density at radius 2 is 1.76 bits per heavy atom. The van der Waals surface area contributed by atoms with Gasteiger partial charge in [-0.05, 0) is 49.8 Å². The van der Waals surface area contributed by atoms with E-state index in [1.54, 1.807) is 0 Å². The van der Waals surface area contributed by atoms with Crippen LogP contribution in [-0.2, 0) is 11.2 Å². The monoisotopic (exact) mass is 460 g/mol. The van der Waals surface area contributed by atoms with Gasteiger partial charge in [0, 0.05) is 18.5 Å². The van der Waals surface area contributed by atoms with Gasteiger partial charge in [-0.2, -0.15) is 5.10 Å². The summed E-state index contributed by atoms with van der Waals surface area (Å²) >= 11 is 0. The SMILES string of the molecule is O=C(c1n[nH]c2ccccc12)N1CCC2(CCCCCc3ccccc3OCCNC2=O)CC1. The average Bonchev–Trinajstić information content (AvgIpc) is 3.31. The highest BCUT2D eigenvalue weighted by Gasteiger charge is 2.42. The highest BCUT2D eigenvalue weighted by atomic mass is 16.5. The largest absolute Gasteiger partial charge is 0.491 e. The maximum absolute atomic E-state index is 13.3. The average molecular weight is 461 g/mol. The molecule has 178 valence electrons. The summed E-state index contributed by atoms with van der Waals surface area (Å²) < 4.78 is 5.97. The van der Waals surface area contributed by atoms with Crippen molar-refractivity contribution in [3.63, 3.8) is 0 Å². The molecule has 1 fully saturated rings. The fraction of sp³-hybridized carbons (Fsp3) is 0.444. The molecule has 3 heterocycles. The number of nitrogens with one attached hydrogen (secondary N) is 2. The van der Waals surface area contributed by atoms with Crippen LogP contribution in [0, 0.1) is 5.41 Å². The molecular weight excluding hydrogens is 428 g/mol. The Kier molecular flexibility index (Phi) is 6.52. The Morgan fingerprint density at radius 1 is 0.971 bits per heavy atom. The van der Waals surface area contributed by atoms with Crippen molar-refractivity contribution in [3.05, 3.63) is 59.8 Å². The summed E-state index contributed by atoms with van der Waals surface area (Å²) in [5.74, 6) is 0.952. The molecule has 34 heavy (non-hydrogen) atoms. The van der Waals surface area contributed by atoms with Crippen LogP contribution in [0.3, 0.4) is 0 Å². The van der Waals surface area contributed by atoms with Gasteiger partial charge in [-0.1, -0.05) is 49.2 Å². The quantitative estimate of drug-likeness (QED) is 0.572. The van der Waals surface area contributed by atoms with E-state index in [-0.39, 0.29) is 11.8 Å². The molecule has 0 bridgehead atoms. The zero-order valence-corrected chi connectivity index (χ0v) is 19.5. The Morgan fingerprint density at radius 3 is 2.65 bits per heavy atom. The minimum atomic E-state index is -0.425. The molecule has 2 N–H and O–H groups in total. The second-order valence-electron chi connectivity index (χ2n) is 9.46. The molecule has 0 unspecified atom stereocenters. The summed E-state index contributed by atoms with van der Waals surface area (Å²) in [4.78, 5) is 28.4. The first kappa shape index (κ1) is 22.4. The highest BCUT2D eigenvalue weighted by Crippen LogP contribution is 2.38. The highest BCUT2D eigenvalue weighted by molar-refractivity contribution is 6.04. The van der Waals surface area contributed by atoms with E-state index in [4.69, 9.17) is 4.74 Å². The van der Waals surface area contributed by atoms with Gasteiger partial charge in [-0.25, -0.2) is 0 Å². The molecule has 2 amide bonds. The number of H-pyrrole nitrogens is 1. The Bertz CT molecular complexity index is 1160. The van der Waals surface area contributed by atoms with Crippen LogP contribution in [0.5, 0.6) is 5.75 Å². The summed E-state index contributed by atoms with van der Waals surface area (Å²) in [6.45, 7) is 2.07. The van der Waals surface area contributed by atoms with Crippen molar-refractivity contribution in [1.82, 2.24) is 20.4 Å². The van der Waals surface area contributed by atoms with Crippen LogP contribution in [0.25, 0.3) is 10.9 Å². The van der Waals surface area contributed by atoms with Crippen molar-refractivity contribution in [2.75, 3.05) is 26.2 Å². The predicted molar refractivity (Wildman–Crippen MR) is 131 cm³/mol. The molecule has 2 aliphatic rings. The van der Waals surface area contributed by atoms with Gasteiger partial charge in [0.25, 0.3) is 5.91 Å². The van der Waals surface area contributed by atoms with Gasteiger partial charge in [0.1, 0.15) is 12.4 Å². The molecule has 3 aromatic rings. The summed E-state index contributed by atoms with van der Waals surface area (Å²) in [6, 6.07) is 15.9. The lowest BCUT2D eigenvalue weighted by Crippen LogP contribution is -2.50. The van der Waals surface area contributed by atoms with Gasteiger partial charge < -0.3 is 15.0 Å². The van der Waals surface area contributed by atoms with Crippen molar-refractivity contribution >= 4 is 22.7 Å². The number of piperidine rings is 1. The van der Waals surface area contributed by atoms with Gasteiger partial charge in [0.05, 0.1) is 17.5 Å². The van der Waals surface area contributed by atoms with E-state index >= 15 is 0 Å². The first-order valence-electron chi connectivity index (χ1n) is 12.4. The van der Waals surface area contributed by atoms with E-state index in [9.17, 15) is 9.59 Å². The number of amides is 2. The molecule has 1 spiro atoms. The van der Waals surface area contributed by atoms with E-state index < -0.39 is 5.41 Å². The first-order valence-corrected chi connectivity index (χ1v) is 12.4. The third-order valence-electron chi connectivity index (χ3n) is 7.38. The molecule has 7 heteroatoms. The van der Waals surface area contributed by atoms with E-state index in [0.29, 0.717) is 44.8 Å². The second-order valence-corrected chi connectivity index (χ2v) is 9.46. The molecular formula is C27H32N4O3. The van der Waals surface area contributed by atoms with Gasteiger partial charge in [-0.3, -0.25) is 14.7 Å². The summed E-state index contributed by atoms with van der Waals surface area (Å²) in [5, 5.41) is 11.2. The van der Waals surface area contributed by atoms with Crippen LogP contribution in [0.1, 0.15) is 54.6 Å². The standard InChI is InChI=1S/C27H32N4O3/c32-25(24-21-10-4-5-11-22(21)29-30-24)31-17-14-27(15-18-31)13-7-1-2-8-20-9-3-6-12-23(20)34-19-16-28-26(27)33/h3-6,9-12H,1-2,7-8,13-19H2,(H,28,33)(H,29,30). The van der Waals surface area contributed by atoms with Crippen molar-refractivity contribution < 1.29 is 14.3 Å². The topological polar surface area (TPSA) is 87.3 Å². The number of ether oxygens (including phenoxy) is 1. The van der Waals surface area contributed by atoms with Crippen LogP contribution in [0.2, 0.25) is 0 Å². The molecule has 0 aliphatic carbocycles. The lowest BCUT2D eigenvalue weighted by Gasteiger charge is -2.40. The lowest BCUT2D eigenvalue weighted by molar-refractivity contribution is -0.134. The number of aromatic amines is 1. The number of nitrogens with zero attached hydrogens (tertiary/aromatic N) is 2. The number of rotatable bonds is 1. The molecule has 7 nitrogen and oxygen atoms in total. The Balaban J connectivity index is 1.25. The summed E-state index contributed by atoms with van der Waals surface area (Å²) in [6.07, 6.45) is 6.36. The van der Waals surface area contributed by atoms with Crippen molar-refractivity contribution in [2.24, 2.45) is 5.41 Å². The normalized spacial score (nSPS) is 19.3. The number of carbonyl (C=O) groups excluding carboxylic acids is 2. The Hall–Kier alpha value is -3.35. The maximum atomic E-state index is 13.3. The molecule has 0 atom stereocenters. The number of aromatic nitrogens is 2. The number of carbonyl (C=O) groups is 2. The number of hydrogen-bond donors (Lipinski definition) is 2. The van der Waals surface area contributed by atoms with E-state index in [0.717, 1.165) is 48.8 Å². The summed E-state index contributed by atoms with van der Waals surface area (Å²) in [5.41, 5.74) is 2.13. The van der Waals surface area contributed by atoms with E-state index in [1.807, 2.05) is 41.3 Å². The third kappa shape index (κ3) is 4.52. The number of benzene rings is 2. The molecule has 1 aromatic heterocycles. The van der Waals surface area contributed by atoms with Crippen LogP contribution in [0.4, 0.5) is 0 Å². The molecule has 2 aliphatic heterocycles. The zero-order valence-electron chi connectivity index (χ0n) is 19.5. The van der Waals surface area contributed by atoms with Gasteiger partial charge in [0.2, 0.25) is 5.91 Å². The lowest BCUT2D eigenvalue weighted by atomic mass is 9.73. The van der Waals surface area contributed by atoms with E-state index in [2.05, 4.69) is 27.6 Å². The minimum absolute atomic E-state index is 0.0662. The molecule has 1 saturated heterocycles. The molecule has 5 rings (SSSR count). The smallest absolute Gasteiger partial charge is 0.274 e. The zero-order chi connectivity index (χ0) is 23.4. The van der Waals surface area contributed by atoms with Crippen LogP contribution >= 0.6 is 0 Å². The minimum Gasteiger partial charge on any atom is -0.491 e. The number of para-hydroxylation sites is 2. The van der Waals surface area contributed by atoms with Crippen molar-refractivity contribution in [1.29, 1.82) is 0 Å². The molecule has 2 aromatic carbocycles. The predicted octanol–water partition coefficient (Wildman–Crippen LogP) is 4.10. The van der Waals surface area contributed by atoms with Crippen molar-refractivity contribution in [2.45, 2.75) is 44.9 Å². The van der Waals surface area contributed by atoms with Gasteiger partial charge in [-0.15, -0.1) is 0 Å². The van der Waals surface area contributed by atoms with Gasteiger partial charge >= 0.3 is 0 Å². The van der Waals surface area contributed by atoms with Gasteiger partial charge in [0.15, 0.2) is 5.69 Å². The van der Waals surface area contributed by atoms with Crippen LogP contribution in [-0.4, -0.2) is 53.2 Å². The molecule has 0 saturated carbocycles. The number of likely N-dealkylation sites (tertiary alicyclic amines) is 1. The van der Waals surface area contributed by atoms with Crippen LogP contribution in [0.15, 0.2) is 48.5 Å². The maximum Gasteiger partial charge on any atom is 0.274 e. The number of fused-ring (bicyclic) bond motifs is 2. The van der Waals surface area contributed by atoms with Crippen molar-refractivity contribution in [3.8, 4) is 5.75 Å². The third-order valence-corrected chi connectivity index (χ3v) is 7.38. The first-order chi connectivity index (χ1) is 16.7. The summed E-state index contributed by atoms with van der Waals surface area (Å²) in [7, 11) is 0. The number of aryl methyl sites for hydroxylation is 1. The fourth-order valence-electron chi connectivity index (χ4n) is 5.32. The fourth-order valence-corrected chi connectivity index (χ4v) is 5.32. The second kappa shape index (κ2) is 9.87.